The molecule has 1 aromatic heterocycles. The molecule has 0 aliphatic carbocycles. The number of halogens is 1. The van der Waals surface area contributed by atoms with Crippen LogP contribution >= 0.6 is 23.4 Å². The molecule has 0 atom stereocenters. The molecule has 1 N–H and O–H groups in total. The Morgan fingerprint density at radius 2 is 2.00 bits per heavy atom. The van der Waals surface area contributed by atoms with E-state index in [9.17, 15) is 4.79 Å². The predicted molar refractivity (Wildman–Crippen MR) is 90.6 cm³/mol. The van der Waals surface area contributed by atoms with Gasteiger partial charge in [-0.1, -0.05) is 30.3 Å². The molecule has 1 amide bonds. The summed E-state index contributed by atoms with van der Waals surface area (Å²) in [7, 11) is 0. The maximum Gasteiger partial charge on any atom is 0.234 e. The fraction of sp³-hybridized carbons (Fsp3) is 0.400. The molecule has 0 saturated heterocycles. The third-order valence-corrected chi connectivity index (χ3v) is 4.22. The van der Waals surface area contributed by atoms with E-state index in [2.05, 4.69) is 33.9 Å². The number of thioether (sulfide) groups is 1. The van der Waals surface area contributed by atoms with Crippen LogP contribution in [0.15, 0.2) is 29.4 Å². The van der Waals surface area contributed by atoms with Crippen LogP contribution in [0.1, 0.15) is 32.6 Å². The van der Waals surface area contributed by atoms with E-state index in [-0.39, 0.29) is 17.7 Å². The lowest BCUT2D eigenvalue weighted by Crippen LogP contribution is -2.15. The first-order valence-electron chi connectivity index (χ1n) is 7.13. The second-order valence-corrected chi connectivity index (χ2v) is 6.44. The van der Waals surface area contributed by atoms with Gasteiger partial charge in [0.2, 0.25) is 5.91 Å². The van der Waals surface area contributed by atoms with E-state index in [0.717, 1.165) is 23.1 Å². The van der Waals surface area contributed by atoms with Crippen molar-refractivity contribution in [3.05, 3.63) is 35.1 Å². The quantitative estimate of drug-likeness (QED) is 0.814. The van der Waals surface area contributed by atoms with Crippen molar-refractivity contribution in [2.24, 2.45) is 0 Å². The van der Waals surface area contributed by atoms with E-state index >= 15 is 0 Å². The minimum atomic E-state index is -0.0799. The summed E-state index contributed by atoms with van der Waals surface area (Å²) >= 11 is 7.21. The summed E-state index contributed by atoms with van der Waals surface area (Å²) in [5.74, 6) is 1.15. The van der Waals surface area contributed by atoms with Crippen LogP contribution in [0.3, 0.4) is 0 Å². The molecule has 2 aromatic rings. The van der Waals surface area contributed by atoms with Gasteiger partial charge in [-0.2, -0.15) is 0 Å². The van der Waals surface area contributed by atoms with Crippen LogP contribution in [-0.2, 0) is 11.2 Å². The minimum absolute atomic E-state index is 0.0799. The number of rotatable bonds is 6. The monoisotopic (exact) mass is 338 g/mol. The van der Waals surface area contributed by atoms with Crippen LogP contribution in [0.2, 0.25) is 5.02 Å². The lowest BCUT2D eigenvalue weighted by molar-refractivity contribution is -0.113. The zero-order chi connectivity index (χ0) is 16.1. The van der Waals surface area contributed by atoms with Crippen molar-refractivity contribution in [2.75, 3.05) is 11.1 Å². The van der Waals surface area contributed by atoms with Crippen molar-refractivity contribution in [2.45, 2.75) is 38.4 Å². The van der Waals surface area contributed by atoms with Gasteiger partial charge in [-0.15, -0.1) is 10.2 Å². The number of aryl methyl sites for hydroxylation is 1. The summed E-state index contributed by atoms with van der Waals surface area (Å²) in [6, 6.07) is 7.31. The lowest BCUT2D eigenvalue weighted by atomic mass is 10.3. The molecule has 0 radical (unpaired) electrons. The van der Waals surface area contributed by atoms with Crippen molar-refractivity contribution in [1.29, 1.82) is 0 Å². The van der Waals surface area contributed by atoms with Crippen LogP contribution in [-0.4, -0.2) is 26.4 Å². The van der Waals surface area contributed by atoms with Crippen molar-refractivity contribution in [3.8, 4) is 0 Å². The molecule has 0 bridgehead atoms. The molecule has 0 fully saturated rings. The van der Waals surface area contributed by atoms with E-state index in [1.807, 2.05) is 6.92 Å². The zero-order valence-electron chi connectivity index (χ0n) is 12.8. The van der Waals surface area contributed by atoms with Crippen LogP contribution in [0.5, 0.6) is 0 Å². The van der Waals surface area contributed by atoms with Gasteiger partial charge >= 0.3 is 0 Å². The highest BCUT2D eigenvalue weighted by molar-refractivity contribution is 7.99. The highest BCUT2D eigenvalue weighted by atomic mass is 35.5. The average Bonchev–Trinajstić information content (AvgIpc) is 2.91. The number of nitrogens with one attached hydrogen (secondary N) is 1. The number of hydrogen-bond acceptors (Lipinski definition) is 4. The molecule has 118 valence electrons. The van der Waals surface area contributed by atoms with E-state index < -0.39 is 0 Å². The smallest absolute Gasteiger partial charge is 0.234 e. The van der Waals surface area contributed by atoms with E-state index in [0.29, 0.717) is 5.02 Å². The summed E-state index contributed by atoms with van der Waals surface area (Å²) in [4.78, 5) is 12.0. The van der Waals surface area contributed by atoms with Crippen LogP contribution in [0.4, 0.5) is 5.69 Å². The molecule has 0 unspecified atom stereocenters. The van der Waals surface area contributed by atoms with Crippen LogP contribution in [0, 0.1) is 0 Å². The average molecular weight is 339 g/mol. The van der Waals surface area contributed by atoms with E-state index in [4.69, 9.17) is 11.6 Å². The topological polar surface area (TPSA) is 59.8 Å². The Morgan fingerprint density at radius 1 is 1.32 bits per heavy atom. The Hall–Kier alpha value is -1.53. The predicted octanol–water partition coefficient (Wildman–Crippen LogP) is 3.81. The number of aromatic nitrogens is 3. The van der Waals surface area contributed by atoms with E-state index in [1.165, 1.54) is 11.8 Å². The normalized spacial score (nSPS) is 11.0. The Balaban J connectivity index is 1.96. The minimum Gasteiger partial charge on any atom is -0.325 e. The molecular weight excluding hydrogens is 320 g/mol. The molecule has 22 heavy (non-hydrogen) atoms. The highest BCUT2D eigenvalue weighted by Crippen LogP contribution is 2.22. The molecule has 5 nitrogen and oxygen atoms in total. The lowest BCUT2D eigenvalue weighted by Gasteiger charge is -2.12. The molecule has 0 aliphatic heterocycles. The number of amides is 1. The first kappa shape index (κ1) is 16.8. The Kier molecular flexibility index (Phi) is 5.85. The zero-order valence-corrected chi connectivity index (χ0v) is 14.4. The molecule has 1 aromatic carbocycles. The molecular formula is C15H19ClN4OS. The molecule has 0 saturated carbocycles. The number of anilines is 1. The number of benzene rings is 1. The number of nitrogens with zero attached hydrogens (tertiary/aromatic N) is 3. The first-order valence-corrected chi connectivity index (χ1v) is 8.49. The second-order valence-electron chi connectivity index (χ2n) is 5.06. The highest BCUT2D eigenvalue weighted by Gasteiger charge is 2.15. The SMILES string of the molecule is CCc1nnc(SCC(=O)Nc2ccc(Cl)cc2)n1C(C)C. The Labute approximate surface area is 139 Å². The van der Waals surface area contributed by atoms with Gasteiger partial charge in [-0.3, -0.25) is 4.79 Å². The van der Waals surface area contributed by atoms with Gasteiger partial charge in [0.25, 0.3) is 0 Å². The molecule has 7 heteroatoms. The van der Waals surface area contributed by atoms with E-state index in [1.54, 1.807) is 24.3 Å². The summed E-state index contributed by atoms with van der Waals surface area (Å²) in [6.45, 7) is 6.21. The van der Waals surface area contributed by atoms with Crippen molar-refractivity contribution in [3.63, 3.8) is 0 Å². The van der Waals surface area contributed by atoms with Gasteiger partial charge in [0.15, 0.2) is 5.16 Å². The fourth-order valence-corrected chi connectivity index (χ4v) is 3.04. The van der Waals surface area contributed by atoms with Crippen molar-refractivity contribution < 1.29 is 4.79 Å². The number of carbonyl (C=O) groups is 1. The van der Waals surface area contributed by atoms with Gasteiger partial charge in [-0.05, 0) is 38.1 Å². The van der Waals surface area contributed by atoms with Gasteiger partial charge < -0.3 is 9.88 Å². The molecule has 0 spiro atoms. The first-order chi connectivity index (χ1) is 10.5. The summed E-state index contributed by atoms with van der Waals surface area (Å²) in [5.41, 5.74) is 0.731. The second kappa shape index (κ2) is 7.65. The summed E-state index contributed by atoms with van der Waals surface area (Å²) in [5, 5.41) is 12.6. The van der Waals surface area contributed by atoms with Gasteiger partial charge in [0.1, 0.15) is 5.82 Å². The third kappa shape index (κ3) is 4.24. The molecule has 2 rings (SSSR count). The van der Waals surface area contributed by atoms with Gasteiger partial charge in [0.05, 0.1) is 5.75 Å². The number of carbonyl (C=O) groups excluding carboxylic acids is 1. The Bertz CT molecular complexity index is 639. The maximum absolute atomic E-state index is 12.0. The van der Waals surface area contributed by atoms with Crippen LogP contribution < -0.4 is 5.32 Å². The summed E-state index contributed by atoms with van der Waals surface area (Å²) < 4.78 is 2.07. The van der Waals surface area contributed by atoms with Gasteiger partial charge in [-0.25, -0.2) is 0 Å². The van der Waals surface area contributed by atoms with Crippen LogP contribution in [0.25, 0.3) is 0 Å². The fourth-order valence-electron chi connectivity index (χ4n) is 2.03. The largest absolute Gasteiger partial charge is 0.325 e. The third-order valence-electron chi connectivity index (χ3n) is 3.03. The Morgan fingerprint density at radius 3 is 2.59 bits per heavy atom. The van der Waals surface area contributed by atoms with Crippen molar-refractivity contribution >= 4 is 35.0 Å². The standard InChI is InChI=1S/C15H19ClN4OS/c1-4-13-18-19-15(20(13)10(2)3)22-9-14(21)17-12-7-5-11(16)6-8-12/h5-8,10H,4,9H2,1-3H3,(H,17,21). The summed E-state index contributed by atoms with van der Waals surface area (Å²) in [6.07, 6.45) is 0.822. The van der Waals surface area contributed by atoms with Crippen molar-refractivity contribution in [1.82, 2.24) is 14.8 Å². The number of hydrogen-bond donors (Lipinski definition) is 1. The maximum atomic E-state index is 12.0. The molecule has 0 aliphatic rings. The molecule has 1 heterocycles. The van der Waals surface area contributed by atoms with Gasteiger partial charge in [0, 0.05) is 23.2 Å².